The Morgan fingerprint density at radius 1 is 0.800 bits per heavy atom. The van der Waals surface area contributed by atoms with Crippen LogP contribution in [0.4, 0.5) is 13.2 Å². The number of rotatable bonds is 8. The fourth-order valence-corrected chi connectivity index (χ4v) is 5.29. The van der Waals surface area contributed by atoms with Gasteiger partial charge in [0.05, 0.1) is 4.90 Å². The highest BCUT2D eigenvalue weighted by molar-refractivity contribution is 7.89. The van der Waals surface area contributed by atoms with Crippen molar-refractivity contribution in [1.82, 2.24) is 4.31 Å². The molecule has 0 unspecified atom stereocenters. The first-order chi connectivity index (χ1) is 16.7. The van der Waals surface area contributed by atoms with Crippen LogP contribution in [0, 0.1) is 0 Å². The third kappa shape index (κ3) is 5.66. The number of sulfonamides is 1. The lowest BCUT2D eigenvalue weighted by molar-refractivity contribution is -0.153. The zero-order valence-corrected chi connectivity index (χ0v) is 19.8. The number of fused-ring (bicyclic) bond motifs is 1. The fraction of sp³-hybridized carbons (Fsp3) is 0.185. The van der Waals surface area contributed by atoms with E-state index in [4.69, 9.17) is 4.74 Å². The second kappa shape index (κ2) is 10.1. The predicted molar refractivity (Wildman–Crippen MR) is 130 cm³/mol. The minimum Gasteiger partial charge on any atom is -0.483 e. The first-order valence-electron chi connectivity index (χ1n) is 10.9. The SMILES string of the molecule is CN(C[C@@H](c1ccccc1)c1ccc(OCC(F)(F)F)c2ccccc12)S(=O)(=O)c1ccccc1. The van der Waals surface area contributed by atoms with E-state index in [2.05, 4.69) is 0 Å². The fourth-order valence-electron chi connectivity index (χ4n) is 4.08. The highest BCUT2D eigenvalue weighted by atomic mass is 32.2. The molecule has 0 amide bonds. The molecule has 0 radical (unpaired) electrons. The van der Waals surface area contributed by atoms with Crippen LogP contribution in [-0.4, -0.2) is 39.1 Å². The summed E-state index contributed by atoms with van der Waals surface area (Å²) in [6.07, 6.45) is -4.46. The Kier molecular flexibility index (Phi) is 7.14. The number of alkyl halides is 3. The van der Waals surface area contributed by atoms with Gasteiger partial charge in [0.15, 0.2) is 6.61 Å². The third-order valence-corrected chi connectivity index (χ3v) is 7.62. The maximum Gasteiger partial charge on any atom is 0.422 e. The lowest BCUT2D eigenvalue weighted by Crippen LogP contribution is -2.31. The van der Waals surface area contributed by atoms with Crippen LogP contribution in [0.3, 0.4) is 0 Å². The van der Waals surface area contributed by atoms with Gasteiger partial charge in [0.25, 0.3) is 0 Å². The predicted octanol–water partition coefficient (Wildman–Crippen LogP) is 6.23. The van der Waals surface area contributed by atoms with E-state index in [9.17, 15) is 21.6 Å². The van der Waals surface area contributed by atoms with Gasteiger partial charge in [-0.1, -0.05) is 78.9 Å². The van der Waals surface area contributed by atoms with Gasteiger partial charge in [0, 0.05) is 24.9 Å². The molecule has 0 aliphatic heterocycles. The van der Waals surface area contributed by atoms with Crippen molar-refractivity contribution < 1.29 is 26.3 Å². The molecule has 0 bridgehead atoms. The van der Waals surface area contributed by atoms with Crippen molar-refractivity contribution in [2.75, 3.05) is 20.2 Å². The number of hydrogen-bond donors (Lipinski definition) is 0. The van der Waals surface area contributed by atoms with Gasteiger partial charge in [-0.05, 0) is 34.7 Å². The minimum atomic E-state index is -4.46. The van der Waals surface area contributed by atoms with E-state index in [0.29, 0.717) is 10.8 Å². The summed E-state index contributed by atoms with van der Waals surface area (Å²) >= 11 is 0. The molecular weight excluding hydrogens is 475 g/mol. The molecule has 0 aliphatic rings. The molecule has 0 N–H and O–H groups in total. The summed E-state index contributed by atoms with van der Waals surface area (Å²) in [6, 6.07) is 27.9. The number of likely N-dealkylation sites (N-methyl/N-ethyl adjacent to an activating group) is 1. The first-order valence-corrected chi connectivity index (χ1v) is 12.4. The van der Waals surface area contributed by atoms with E-state index in [0.717, 1.165) is 11.1 Å². The molecule has 0 heterocycles. The standard InChI is InChI=1S/C27H24F3NO3S/c1-31(35(32,33)21-12-6-3-7-13-21)18-25(20-10-4-2-5-11-20)23-16-17-26(34-19-27(28,29)30)24-15-9-8-14-22(23)24/h2-17,25H,18-19H2,1H3/t25-/m0/s1. The van der Waals surface area contributed by atoms with Crippen LogP contribution in [0.5, 0.6) is 5.75 Å². The van der Waals surface area contributed by atoms with Crippen molar-refractivity contribution in [3.63, 3.8) is 0 Å². The molecule has 0 spiro atoms. The Balaban J connectivity index is 1.77. The molecule has 8 heteroatoms. The quantitative estimate of drug-likeness (QED) is 0.289. The summed E-state index contributed by atoms with van der Waals surface area (Å²) in [5.41, 5.74) is 1.68. The maximum atomic E-state index is 13.2. The van der Waals surface area contributed by atoms with Gasteiger partial charge >= 0.3 is 6.18 Å². The van der Waals surface area contributed by atoms with Gasteiger partial charge in [-0.15, -0.1) is 0 Å². The van der Waals surface area contributed by atoms with Crippen molar-refractivity contribution in [2.45, 2.75) is 17.0 Å². The topological polar surface area (TPSA) is 46.6 Å². The second-order valence-corrected chi connectivity index (χ2v) is 10.2. The maximum absolute atomic E-state index is 13.2. The Bertz CT molecular complexity index is 1390. The average Bonchev–Trinajstić information content (AvgIpc) is 2.86. The normalized spacial score (nSPS) is 13.2. The molecule has 35 heavy (non-hydrogen) atoms. The van der Waals surface area contributed by atoms with Gasteiger partial charge in [-0.25, -0.2) is 8.42 Å². The molecule has 182 valence electrons. The molecule has 4 aromatic carbocycles. The summed E-state index contributed by atoms with van der Waals surface area (Å²) < 4.78 is 71.2. The average molecular weight is 500 g/mol. The highest BCUT2D eigenvalue weighted by Crippen LogP contribution is 2.37. The van der Waals surface area contributed by atoms with Gasteiger partial charge in [0.1, 0.15) is 5.75 Å². The molecule has 4 aromatic rings. The zero-order valence-electron chi connectivity index (χ0n) is 18.9. The number of hydrogen-bond acceptors (Lipinski definition) is 3. The van der Waals surface area contributed by atoms with Gasteiger partial charge < -0.3 is 4.74 Å². The van der Waals surface area contributed by atoms with E-state index >= 15 is 0 Å². The van der Waals surface area contributed by atoms with E-state index in [1.165, 1.54) is 17.4 Å². The van der Waals surface area contributed by atoms with Crippen molar-refractivity contribution in [2.24, 2.45) is 0 Å². The lowest BCUT2D eigenvalue weighted by Gasteiger charge is -2.26. The van der Waals surface area contributed by atoms with E-state index < -0.39 is 22.8 Å². The Morgan fingerprint density at radius 3 is 2.00 bits per heavy atom. The molecule has 0 saturated heterocycles. The molecule has 0 saturated carbocycles. The van der Waals surface area contributed by atoms with Crippen LogP contribution in [0.15, 0.2) is 102 Å². The van der Waals surface area contributed by atoms with E-state index in [1.807, 2.05) is 36.4 Å². The third-order valence-electron chi connectivity index (χ3n) is 5.78. The molecule has 4 nitrogen and oxygen atoms in total. The first kappa shape index (κ1) is 24.8. The number of halogens is 3. The van der Waals surface area contributed by atoms with E-state index in [1.54, 1.807) is 54.6 Å². The van der Waals surface area contributed by atoms with Crippen LogP contribution in [-0.2, 0) is 10.0 Å². The lowest BCUT2D eigenvalue weighted by atomic mass is 9.87. The van der Waals surface area contributed by atoms with Gasteiger partial charge in [-0.3, -0.25) is 0 Å². The molecule has 0 aromatic heterocycles. The van der Waals surface area contributed by atoms with Crippen LogP contribution >= 0.6 is 0 Å². The summed E-state index contributed by atoms with van der Waals surface area (Å²) in [5.74, 6) is -0.250. The second-order valence-electron chi connectivity index (χ2n) is 8.16. The number of benzene rings is 4. The largest absolute Gasteiger partial charge is 0.483 e. The van der Waals surface area contributed by atoms with Crippen molar-refractivity contribution in [3.8, 4) is 5.75 Å². The van der Waals surface area contributed by atoms with Crippen LogP contribution in [0.25, 0.3) is 10.8 Å². The van der Waals surface area contributed by atoms with Crippen molar-refractivity contribution >= 4 is 20.8 Å². The molecule has 1 atom stereocenters. The summed E-state index contributed by atoms with van der Waals surface area (Å²) in [7, 11) is -2.22. The van der Waals surface area contributed by atoms with Crippen LogP contribution in [0.2, 0.25) is 0 Å². The Hall–Kier alpha value is -3.36. The molecule has 4 rings (SSSR count). The van der Waals surface area contributed by atoms with Gasteiger partial charge in [-0.2, -0.15) is 17.5 Å². The molecule has 0 aliphatic carbocycles. The Morgan fingerprint density at radius 2 is 1.37 bits per heavy atom. The monoisotopic (exact) mass is 499 g/mol. The minimum absolute atomic E-state index is 0.124. The smallest absolute Gasteiger partial charge is 0.422 e. The molecule has 0 fully saturated rings. The van der Waals surface area contributed by atoms with Gasteiger partial charge in [0.2, 0.25) is 10.0 Å². The summed E-state index contributed by atoms with van der Waals surface area (Å²) in [6.45, 7) is -1.26. The highest BCUT2D eigenvalue weighted by Gasteiger charge is 2.30. The number of ether oxygens (including phenoxy) is 1. The van der Waals surface area contributed by atoms with E-state index in [-0.39, 0.29) is 23.1 Å². The van der Waals surface area contributed by atoms with Crippen LogP contribution < -0.4 is 4.74 Å². The van der Waals surface area contributed by atoms with Crippen LogP contribution in [0.1, 0.15) is 17.0 Å². The van der Waals surface area contributed by atoms with Crippen molar-refractivity contribution in [1.29, 1.82) is 0 Å². The van der Waals surface area contributed by atoms with Crippen molar-refractivity contribution in [3.05, 3.63) is 108 Å². The number of nitrogens with zero attached hydrogens (tertiary/aromatic N) is 1. The summed E-state index contributed by atoms with van der Waals surface area (Å²) in [4.78, 5) is 0.190. The Labute approximate surface area is 202 Å². The molecular formula is C27H24F3NO3S. The zero-order chi connectivity index (χ0) is 25.1. The summed E-state index contributed by atoms with van der Waals surface area (Å²) in [5, 5.41) is 1.23.